The van der Waals surface area contributed by atoms with Gasteiger partial charge >= 0.3 is 11.8 Å². The summed E-state index contributed by atoms with van der Waals surface area (Å²) in [7, 11) is 0. The van der Waals surface area contributed by atoms with Crippen molar-refractivity contribution in [2.24, 2.45) is 5.10 Å². The van der Waals surface area contributed by atoms with Crippen LogP contribution in [0.3, 0.4) is 0 Å². The predicted molar refractivity (Wildman–Crippen MR) is 127 cm³/mol. The average Bonchev–Trinajstić information content (AvgIpc) is 2.87. The molecule has 8 heteroatoms. The molecular weight excluding hydrogens is 420 g/mol. The number of nitrogens with zero attached hydrogens (tertiary/aromatic N) is 2. The summed E-state index contributed by atoms with van der Waals surface area (Å²) in [5.74, 6) is -0.345. The maximum absolute atomic E-state index is 12.1. The van der Waals surface area contributed by atoms with Crippen LogP contribution in [-0.2, 0) is 14.3 Å². The Balaban J connectivity index is 1.24. The fourth-order valence-corrected chi connectivity index (χ4v) is 3.23. The molecule has 1 fully saturated rings. The van der Waals surface area contributed by atoms with E-state index in [-0.39, 0.29) is 0 Å². The number of hydrogen-bond acceptors (Lipinski definition) is 6. The zero-order valence-electron chi connectivity index (χ0n) is 17.9. The van der Waals surface area contributed by atoms with Crippen LogP contribution in [0.4, 0.5) is 11.4 Å². The van der Waals surface area contributed by atoms with Crippen molar-refractivity contribution in [2.75, 3.05) is 36.5 Å². The summed E-state index contributed by atoms with van der Waals surface area (Å²) in [6.45, 7) is 3.18. The number of anilines is 2. The second-order valence-electron chi connectivity index (χ2n) is 7.28. The van der Waals surface area contributed by atoms with Crippen molar-refractivity contribution in [3.63, 3.8) is 0 Å². The van der Waals surface area contributed by atoms with Gasteiger partial charge in [-0.05, 0) is 54.1 Å². The first-order valence-electron chi connectivity index (χ1n) is 10.6. The number of nitrogens with one attached hydrogen (secondary N) is 2. The lowest BCUT2D eigenvalue weighted by Gasteiger charge is -2.28. The van der Waals surface area contributed by atoms with Crippen LogP contribution in [-0.4, -0.2) is 44.3 Å². The van der Waals surface area contributed by atoms with Gasteiger partial charge in [0.25, 0.3) is 0 Å². The summed E-state index contributed by atoms with van der Waals surface area (Å²) < 4.78 is 11.1. The summed E-state index contributed by atoms with van der Waals surface area (Å²) in [6.07, 6.45) is 1.49. The SMILES string of the molecule is O=C(NN=Cc1ccc(N2CCOCC2)cc1)C(=O)Nc1ccc(Oc2ccccc2)cc1. The third-order valence-corrected chi connectivity index (χ3v) is 4.95. The van der Waals surface area contributed by atoms with Gasteiger partial charge in [0.15, 0.2) is 0 Å². The lowest BCUT2D eigenvalue weighted by Crippen LogP contribution is -2.36. The van der Waals surface area contributed by atoms with Gasteiger partial charge in [0.05, 0.1) is 19.4 Å². The highest BCUT2D eigenvalue weighted by atomic mass is 16.5. The van der Waals surface area contributed by atoms with Crippen LogP contribution in [0.25, 0.3) is 0 Å². The van der Waals surface area contributed by atoms with Gasteiger partial charge in [0.1, 0.15) is 11.5 Å². The molecule has 8 nitrogen and oxygen atoms in total. The van der Waals surface area contributed by atoms with E-state index < -0.39 is 11.8 Å². The minimum absolute atomic E-state index is 0.471. The van der Waals surface area contributed by atoms with Crippen LogP contribution in [0.15, 0.2) is 84.0 Å². The second kappa shape index (κ2) is 10.9. The van der Waals surface area contributed by atoms with Gasteiger partial charge in [-0.3, -0.25) is 9.59 Å². The zero-order valence-corrected chi connectivity index (χ0v) is 17.9. The van der Waals surface area contributed by atoms with E-state index in [9.17, 15) is 9.59 Å². The molecule has 3 aromatic rings. The Kier molecular flexibility index (Phi) is 7.29. The van der Waals surface area contributed by atoms with Crippen LogP contribution in [0, 0.1) is 0 Å². The molecule has 1 aliphatic heterocycles. The maximum Gasteiger partial charge on any atom is 0.329 e. The molecule has 1 aliphatic rings. The van der Waals surface area contributed by atoms with Crippen molar-refractivity contribution < 1.29 is 19.1 Å². The first kappa shape index (κ1) is 22.0. The molecule has 4 rings (SSSR count). The van der Waals surface area contributed by atoms with E-state index in [2.05, 4.69) is 20.7 Å². The van der Waals surface area contributed by atoms with E-state index in [1.165, 1.54) is 6.21 Å². The quantitative estimate of drug-likeness (QED) is 0.345. The van der Waals surface area contributed by atoms with Crippen molar-refractivity contribution in [1.29, 1.82) is 0 Å². The number of hydrogen-bond donors (Lipinski definition) is 2. The standard InChI is InChI=1S/C25H24N4O4/c30-24(27-20-8-12-23(13-9-20)33-22-4-2-1-3-5-22)25(31)28-26-18-19-6-10-21(11-7-19)29-14-16-32-17-15-29/h1-13,18H,14-17H2,(H,27,30)(H,28,31). The summed E-state index contributed by atoms with van der Waals surface area (Å²) in [5.41, 5.74) is 4.63. The monoisotopic (exact) mass is 444 g/mol. The molecule has 33 heavy (non-hydrogen) atoms. The number of morpholine rings is 1. The minimum Gasteiger partial charge on any atom is -0.457 e. The Labute approximate surface area is 191 Å². The van der Waals surface area contributed by atoms with E-state index >= 15 is 0 Å². The topological polar surface area (TPSA) is 92.3 Å². The lowest BCUT2D eigenvalue weighted by molar-refractivity contribution is -0.136. The molecule has 3 aromatic carbocycles. The molecule has 1 heterocycles. The second-order valence-corrected chi connectivity index (χ2v) is 7.28. The normalized spacial score (nSPS) is 13.5. The van der Waals surface area contributed by atoms with E-state index in [1.807, 2.05) is 54.6 Å². The number of benzene rings is 3. The average molecular weight is 444 g/mol. The third kappa shape index (κ3) is 6.41. The van der Waals surface area contributed by atoms with Gasteiger partial charge in [0, 0.05) is 24.5 Å². The molecule has 168 valence electrons. The van der Waals surface area contributed by atoms with Crippen LogP contribution in [0.1, 0.15) is 5.56 Å². The van der Waals surface area contributed by atoms with Gasteiger partial charge in [-0.25, -0.2) is 5.43 Å². The molecule has 0 bridgehead atoms. The molecule has 0 radical (unpaired) electrons. The third-order valence-electron chi connectivity index (χ3n) is 4.95. The largest absolute Gasteiger partial charge is 0.457 e. The van der Waals surface area contributed by atoms with Crippen LogP contribution in [0.5, 0.6) is 11.5 Å². The van der Waals surface area contributed by atoms with Gasteiger partial charge < -0.3 is 19.7 Å². The highest BCUT2D eigenvalue weighted by Crippen LogP contribution is 2.22. The number of carbonyl (C=O) groups excluding carboxylic acids is 2. The molecule has 0 aliphatic carbocycles. The van der Waals surface area contributed by atoms with Crippen molar-refractivity contribution in [3.8, 4) is 11.5 Å². The lowest BCUT2D eigenvalue weighted by atomic mass is 10.2. The number of amides is 2. The minimum atomic E-state index is -0.860. The van der Waals surface area contributed by atoms with Crippen LogP contribution >= 0.6 is 0 Å². The van der Waals surface area contributed by atoms with Crippen molar-refractivity contribution in [1.82, 2.24) is 5.43 Å². The van der Waals surface area contributed by atoms with Crippen LogP contribution < -0.4 is 20.4 Å². The Hall–Kier alpha value is -4.17. The van der Waals surface area contributed by atoms with E-state index in [4.69, 9.17) is 9.47 Å². The van der Waals surface area contributed by atoms with Gasteiger partial charge in [-0.2, -0.15) is 5.10 Å². The Morgan fingerprint density at radius 1 is 0.848 bits per heavy atom. The molecule has 0 aromatic heterocycles. The molecule has 0 unspecified atom stereocenters. The molecule has 0 atom stereocenters. The van der Waals surface area contributed by atoms with E-state index in [0.29, 0.717) is 17.2 Å². The molecule has 2 amide bonds. The number of hydrazone groups is 1. The van der Waals surface area contributed by atoms with Crippen molar-refractivity contribution >= 4 is 29.4 Å². The fraction of sp³-hybridized carbons (Fsp3) is 0.160. The first-order valence-corrected chi connectivity index (χ1v) is 10.6. The number of para-hydroxylation sites is 1. The molecule has 1 saturated heterocycles. The van der Waals surface area contributed by atoms with E-state index in [1.54, 1.807) is 24.3 Å². The molecule has 2 N–H and O–H groups in total. The van der Waals surface area contributed by atoms with Gasteiger partial charge in [-0.1, -0.05) is 30.3 Å². The molecular formula is C25H24N4O4. The molecule has 0 saturated carbocycles. The van der Waals surface area contributed by atoms with E-state index in [0.717, 1.165) is 37.6 Å². The molecule has 0 spiro atoms. The highest BCUT2D eigenvalue weighted by Gasteiger charge is 2.13. The number of ether oxygens (including phenoxy) is 2. The summed E-state index contributed by atoms with van der Waals surface area (Å²) >= 11 is 0. The smallest absolute Gasteiger partial charge is 0.329 e. The fourth-order valence-electron chi connectivity index (χ4n) is 3.23. The van der Waals surface area contributed by atoms with Gasteiger partial charge in [0.2, 0.25) is 0 Å². The highest BCUT2D eigenvalue weighted by molar-refractivity contribution is 6.39. The Bertz CT molecular complexity index is 1090. The Morgan fingerprint density at radius 2 is 1.52 bits per heavy atom. The Morgan fingerprint density at radius 3 is 2.21 bits per heavy atom. The summed E-state index contributed by atoms with van der Waals surface area (Å²) in [4.78, 5) is 26.4. The summed E-state index contributed by atoms with van der Waals surface area (Å²) in [5, 5.41) is 6.40. The van der Waals surface area contributed by atoms with Crippen LogP contribution in [0.2, 0.25) is 0 Å². The maximum atomic E-state index is 12.1. The predicted octanol–water partition coefficient (Wildman–Crippen LogP) is 3.40. The number of carbonyl (C=O) groups is 2. The zero-order chi connectivity index (χ0) is 22.9. The first-order chi connectivity index (χ1) is 16.2. The number of rotatable bonds is 6. The van der Waals surface area contributed by atoms with Crippen molar-refractivity contribution in [3.05, 3.63) is 84.4 Å². The van der Waals surface area contributed by atoms with Crippen molar-refractivity contribution in [2.45, 2.75) is 0 Å². The van der Waals surface area contributed by atoms with Gasteiger partial charge in [-0.15, -0.1) is 0 Å². The summed E-state index contributed by atoms with van der Waals surface area (Å²) in [6, 6.07) is 23.9.